The number of nitrogens with one attached hydrogen (secondary N) is 1. The number of hydrogen-bond acceptors (Lipinski definition) is 8. The molecule has 0 saturated heterocycles. The van der Waals surface area contributed by atoms with Gasteiger partial charge in [-0.1, -0.05) is 0 Å². The molecule has 10 heteroatoms. The highest BCUT2D eigenvalue weighted by molar-refractivity contribution is 7.13. The number of aryl methyl sites for hydroxylation is 1. The van der Waals surface area contributed by atoms with Gasteiger partial charge in [-0.3, -0.25) is 9.59 Å². The summed E-state index contributed by atoms with van der Waals surface area (Å²) >= 11 is 1.11. The predicted octanol–water partition coefficient (Wildman–Crippen LogP) is 2.38. The molecule has 0 atom stereocenters. The van der Waals surface area contributed by atoms with Crippen molar-refractivity contribution >= 4 is 39.3 Å². The van der Waals surface area contributed by atoms with Crippen molar-refractivity contribution in [2.75, 3.05) is 19.5 Å². The van der Waals surface area contributed by atoms with E-state index in [0.29, 0.717) is 28.1 Å². The molecule has 0 unspecified atom stereocenters. The number of carboxylic acid groups (broad SMARTS) is 1. The summed E-state index contributed by atoms with van der Waals surface area (Å²) in [6.45, 7) is 1.72. The standard InChI is InChI=1S/C19H18N2O7S/c1-9-11-4-5-13(26-2)17(27-3)16(11)28-18(25)12(9)7-14(22)21-19-20-10(8-29-19)6-15(23)24/h4-5,8H,6-7H2,1-3H3,(H,23,24)(H,20,21,22). The van der Waals surface area contributed by atoms with Gasteiger partial charge in [0.25, 0.3) is 0 Å². The lowest BCUT2D eigenvalue weighted by Crippen LogP contribution is -2.20. The van der Waals surface area contributed by atoms with E-state index in [2.05, 4.69) is 10.3 Å². The summed E-state index contributed by atoms with van der Waals surface area (Å²) < 4.78 is 15.9. The highest BCUT2D eigenvalue weighted by atomic mass is 32.1. The molecule has 2 heterocycles. The number of amides is 1. The first-order valence-electron chi connectivity index (χ1n) is 8.47. The van der Waals surface area contributed by atoms with Crippen molar-refractivity contribution in [3.05, 3.63) is 44.8 Å². The lowest BCUT2D eigenvalue weighted by atomic mass is 10.0. The third-order valence-corrected chi connectivity index (χ3v) is 5.07. The fraction of sp³-hybridized carbons (Fsp3) is 0.263. The maximum atomic E-state index is 12.5. The maximum absolute atomic E-state index is 12.5. The molecule has 0 aliphatic carbocycles. The van der Waals surface area contributed by atoms with Crippen LogP contribution in [0.4, 0.5) is 5.13 Å². The number of thiazole rings is 1. The van der Waals surface area contributed by atoms with Crippen LogP contribution in [-0.2, 0) is 22.4 Å². The van der Waals surface area contributed by atoms with Crippen LogP contribution in [0.15, 0.2) is 26.7 Å². The SMILES string of the molecule is COc1ccc2c(C)c(CC(=O)Nc3nc(CC(=O)O)cs3)c(=O)oc2c1OC. The van der Waals surface area contributed by atoms with Crippen molar-refractivity contribution in [2.24, 2.45) is 0 Å². The van der Waals surface area contributed by atoms with Crippen molar-refractivity contribution in [2.45, 2.75) is 19.8 Å². The Morgan fingerprint density at radius 3 is 2.66 bits per heavy atom. The van der Waals surface area contributed by atoms with Crippen LogP contribution in [-0.4, -0.2) is 36.2 Å². The number of hydrogen-bond donors (Lipinski definition) is 2. The summed E-state index contributed by atoms with van der Waals surface area (Å²) in [6, 6.07) is 3.42. The molecular formula is C19H18N2O7S. The fourth-order valence-electron chi connectivity index (χ4n) is 2.89. The number of fused-ring (bicyclic) bond motifs is 1. The zero-order valence-electron chi connectivity index (χ0n) is 15.9. The van der Waals surface area contributed by atoms with Gasteiger partial charge in [0.1, 0.15) is 0 Å². The summed E-state index contributed by atoms with van der Waals surface area (Å²) in [5.41, 5.74) is 0.752. The van der Waals surface area contributed by atoms with Gasteiger partial charge in [-0.25, -0.2) is 9.78 Å². The second-order valence-electron chi connectivity index (χ2n) is 6.11. The molecule has 1 aromatic carbocycles. The second kappa shape index (κ2) is 8.31. The largest absolute Gasteiger partial charge is 0.493 e. The van der Waals surface area contributed by atoms with Gasteiger partial charge in [-0.15, -0.1) is 11.3 Å². The molecule has 0 aliphatic heterocycles. The monoisotopic (exact) mass is 418 g/mol. The summed E-state index contributed by atoms with van der Waals surface area (Å²) in [6.07, 6.45) is -0.447. The van der Waals surface area contributed by atoms with E-state index in [9.17, 15) is 14.4 Å². The van der Waals surface area contributed by atoms with Gasteiger partial charge in [0.2, 0.25) is 11.7 Å². The molecule has 0 spiro atoms. The Hall–Kier alpha value is -3.40. The molecule has 0 radical (unpaired) electrons. The predicted molar refractivity (Wildman–Crippen MR) is 106 cm³/mol. The minimum absolute atomic E-state index is 0.213. The molecular weight excluding hydrogens is 400 g/mol. The number of aromatic nitrogens is 1. The Labute approximate surface area is 168 Å². The van der Waals surface area contributed by atoms with Crippen molar-refractivity contribution in [3.8, 4) is 11.5 Å². The van der Waals surface area contributed by atoms with Crippen molar-refractivity contribution < 1.29 is 28.6 Å². The van der Waals surface area contributed by atoms with Gasteiger partial charge in [0, 0.05) is 10.8 Å². The molecule has 152 valence electrons. The van der Waals surface area contributed by atoms with E-state index in [0.717, 1.165) is 11.3 Å². The van der Waals surface area contributed by atoms with Crippen LogP contribution in [0.25, 0.3) is 11.0 Å². The fourth-order valence-corrected chi connectivity index (χ4v) is 3.62. The molecule has 9 nitrogen and oxygen atoms in total. The molecule has 0 aliphatic rings. The van der Waals surface area contributed by atoms with E-state index >= 15 is 0 Å². The minimum Gasteiger partial charge on any atom is -0.493 e. The van der Waals surface area contributed by atoms with Crippen LogP contribution in [0, 0.1) is 6.92 Å². The first-order chi connectivity index (χ1) is 13.8. The number of carbonyl (C=O) groups is 2. The lowest BCUT2D eigenvalue weighted by Gasteiger charge is -2.12. The van der Waals surface area contributed by atoms with Crippen LogP contribution in [0.5, 0.6) is 11.5 Å². The molecule has 0 bridgehead atoms. The van der Waals surface area contributed by atoms with Crippen LogP contribution in [0.1, 0.15) is 16.8 Å². The first-order valence-corrected chi connectivity index (χ1v) is 9.35. The molecule has 3 aromatic rings. The number of carboxylic acids is 1. The molecule has 0 saturated carbocycles. The van der Waals surface area contributed by atoms with Crippen LogP contribution in [0.3, 0.4) is 0 Å². The van der Waals surface area contributed by atoms with E-state index in [-0.39, 0.29) is 29.1 Å². The molecule has 29 heavy (non-hydrogen) atoms. The Balaban J connectivity index is 1.88. The van der Waals surface area contributed by atoms with E-state index in [1.165, 1.54) is 14.2 Å². The Morgan fingerprint density at radius 1 is 1.24 bits per heavy atom. The number of ether oxygens (including phenoxy) is 2. The van der Waals surface area contributed by atoms with Gasteiger partial charge in [0.05, 0.1) is 38.3 Å². The molecule has 1 amide bonds. The molecule has 2 N–H and O–H groups in total. The van der Waals surface area contributed by atoms with Gasteiger partial charge >= 0.3 is 11.6 Å². The second-order valence-corrected chi connectivity index (χ2v) is 6.97. The topological polar surface area (TPSA) is 128 Å². The number of anilines is 1. The number of nitrogens with zero attached hydrogens (tertiary/aromatic N) is 1. The van der Waals surface area contributed by atoms with E-state index in [1.807, 2.05) is 0 Å². The van der Waals surface area contributed by atoms with Crippen LogP contribution >= 0.6 is 11.3 Å². The van der Waals surface area contributed by atoms with Crippen LogP contribution < -0.4 is 20.4 Å². The average molecular weight is 418 g/mol. The van der Waals surface area contributed by atoms with E-state index in [1.54, 1.807) is 24.4 Å². The molecule has 3 rings (SSSR count). The summed E-state index contributed by atoms with van der Waals surface area (Å²) in [5.74, 6) is -0.745. The lowest BCUT2D eigenvalue weighted by molar-refractivity contribution is -0.136. The quantitative estimate of drug-likeness (QED) is 0.560. The summed E-state index contributed by atoms with van der Waals surface area (Å²) in [5, 5.41) is 13.8. The summed E-state index contributed by atoms with van der Waals surface area (Å²) in [4.78, 5) is 39.7. The maximum Gasteiger partial charge on any atom is 0.340 e. The molecule has 2 aromatic heterocycles. The van der Waals surface area contributed by atoms with E-state index in [4.69, 9.17) is 19.0 Å². The van der Waals surface area contributed by atoms with Crippen molar-refractivity contribution in [1.82, 2.24) is 4.98 Å². The highest BCUT2D eigenvalue weighted by Crippen LogP contribution is 2.36. The Kier molecular flexibility index (Phi) is 5.83. The van der Waals surface area contributed by atoms with Crippen molar-refractivity contribution in [1.29, 1.82) is 0 Å². The smallest absolute Gasteiger partial charge is 0.340 e. The zero-order valence-corrected chi connectivity index (χ0v) is 16.7. The van der Waals surface area contributed by atoms with Gasteiger partial charge in [-0.05, 0) is 24.6 Å². The minimum atomic E-state index is -1.01. The third kappa shape index (κ3) is 4.21. The van der Waals surface area contributed by atoms with E-state index < -0.39 is 17.5 Å². The normalized spacial score (nSPS) is 10.7. The zero-order chi connectivity index (χ0) is 21.1. The number of aliphatic carboxylic acids is 1. The highest BCUT2D eigenvalue weighted by Gasteiger charge is 2.20. The van der Waals surface area contributed by atoms with Gasteiger partial charge < -0.3 is 24.3 Å². The number of methoxy groups -OCH3 is 2. The Bertz CT molecular complexity index is 1150. The third-order valence-electron chi connectivity index (χ3n) is 4.27. The number of carbonyl (C=O) groups excluding carboxylic acids is 1. The van der Waals surface area contributed by atoms with Crippen LogP contribution in [0.2, 0.25) is 0 Å². The summed E-state index contributed by atoms with van der Waals surface area (Å²) in [7, 11) is 2.93. The molecule has 0 fully saturated rings. The Morgan fingerprint density at radius 2 is 2.00 bits per heavy atom. The number of rotatable bonds is 7. The number of benzene rings is 1. The average Bonchev–Trinajstić information content (AvgIpc) is 3.09. The van der Waals surface area contributed by atoms with Crippen molar-refractivity contribution in [3.63, 3.8) is 0 Å². The first kappa shape index (κ1) is 20.3. The van der Waals surface area contributed by atoms with Gasteiger partial charge in [0.15, 0.2) is 16.5 Å². The van der Waals surface area contributed by atoms with Gasteiger partial charge in [-0.2, -0.15) is 0 Å².